The molecule has 7 nitrogen and oxygen atoms in total. The molecular formula is C18H21FN6O. The van der Waals surface area contributed by atoms with Gasteiger partial charge in [-0.05, 0) is 31.2 Å². The van der Waals surface area contributed by atoms with E-state index in [-0.39, 0.29) is 11.5 Å². The molecule has 0 saturated heterocycles. The standard InChI is InChI=1S/C18H21FN6O/c1-10(20)13-9-15(19)17(21)23-18(13)22-12-4-5-16-14(8-12)11(2)24-25(16)6-7-26-3/h4-5,8-9H,1,6-7,20H2,2-3H3,(H3,21,22,23). The number of nitrogens with one attached hydrogen (secondary N) is 1. The summed E-state index contributed by atoms with van der Waals surface area (Å²) in [6.45, 7) is 6.85. The van der Waals surface area contributed by atoms with Crippen LogP contribution < -0.4 is 16.8 Å². The van der Waals surface area contributed by atoms with Gasteiger partial charge in [-0.15, -0.1) is 0 Å². The van der Waals surface area contributed by atoms with E-state index in [1.165, 1.54) is 6.07 Å². The predicted octanol–water partition coefficient (Wildman–Crippen LogP) is 2.78. The van der Waals surface area contributed by atoms with Crippen LogP contribution in [0.25, 0.3) is 16.6 Å². The van der Waals surface area contributed by atoms with Crippen LogP contribution in [-0.4, -0.2) is 28.5 Å². The van der Waals surface area contributed by atoms with Crippen LogP contribution in [0.1, 0.15) is 11.3 Å². The van der Waals surface area contributed by atoms with Crippen molar-refractivity contribution in [3.63, 3.8) is 0 Å². The van der Waals surface area contributed by atoms with Gasteiger partial charge in [-0.3, -0.25) is 4.68 Å². The van der Waals surface area contributed by atoms with Crippen LogP contribution in [0.5, 0.6) is 0 Å². The van der Waals surface area contributed by atoms with Crippen LogP contribution >= 0.6 is 0 Å². The molecule has 0 amide bonds. The minimum Gasteiger partial charge on any atom is -0.399 e. The minimum atomic E-state index is -0.636. The molecule has 0 spiro atoms. The summed E-state index contributed by atoms with van der Waals surface area (Å²) in [5.74, 6) is -0.495. The fraction of sp³-hybridized carbons (Fsp3) is 0.222. The second-order valence-electron chi connectivity index (χ2n) is 5.94. The van der Waals surface area contributed by atoms with Crippen molar-refractivity contribution in [1.82, 2.24) is 14.8 Å². The van der Waals surface area contributed by atoms with E-state index in [0.29, 0.717) is 24.5 Å². The fourth-order valence-corrected chi connectivity index (χ4v) is 2.75. The molecule has 0 radical (unpaired) electrons. The Balaban J connectivity index is 1.99. The normalized spacial score (nSPS) is 11.0. The Morgan fingerprint density at radius 1 is 1.38 bits per heavy atom. The van der Waals surface area contributed by atoms with Crippen molar-refractivity contribution in [2.75, 3.05) is 24.8 Å². The number of fused-ring (bicyclic) bond motifs is 1. The number of rotatable bonds is 6. The number of aromatic nitrogens is 3. The van der Waals surface area contributed by atoms with Crippen molar-refractivity contribution in [3.8, 4) is 0 Å². The lowest BCUT2D eigenvalue weighted by Crippen LogP contribution is -2.07. The zero-order chi connectivity index (χ0) is 18.8. The van der Waals surface area contributed by atoms with Crippen LogP contribution in [0.15, 0.2) is 30.8 Å². The van der Waals surface area contributed by atoms with Crippen LogP contribution in [0.3, 0.4) is 0 Å². The summed E-state index contributed by atoms with van der Waals surface area (Å²) >= 11 is 0. The second-order valence-corrected chi connectivity index (χ2v) is 5.94. The second kappa shape index (κ2) is 7.01. The SMILES string of the molecule is C=C(N)c1cc(F)c(N)nc1Nc1ccc2c(c1)c(C)nn2CCOC. The van der Waals surface area contributed by atoms with Crippen molar-refractivity contribution < 1.29 is 9.13 Å². The van der Waals surface area contributed by atoms with E-state index in [1.54, 1.807) is 7.11 Å². The van der Waals surface area contributed by atoms with Gasteiger partial charge in [0.2, 0.25) is 0 Å². The van der Waals surface area contributed by atoms with Gasteiger partial charge in [-0.2, -0.15) is 5.10 Å². The summed E-state index contributed by atoms with van der Waals surface area (Å²) in [5.41, 5.74) is 14.5. The van der Waals surface area contributed by atoms with Crippen molar-refractivity contribution in [3.05, 3.63) is 47.9 Å². The molecule has 2 aromatic heterocycles. The molecule has 0 aliphatic carbocycles. The maximum Gasteiger partial charge on any atom is 0.166 e. The zero-order valence-electron chi connectivity index (χ0n) is 14.7. The Bertz CT molecular complexity index is 981. The lowest BCUT2D eigenvalue weighted by Gasteiger charge is -2.12. The third-order valence-corrected chi connectivity index (χ3v) is 4.05. The average molecular weight is 356 g/mol. The largest absolute Gasteiger partial charge is 0.399 e. The van der Waals surface area contributed by atoms with Crippen molar-refractivity contribution >= 4 is 33.9 Å². The summed E-state index contributed by atoms with van der Waals surface area (Å²) in [7, 11) is 1.66. The molecule has 0 unspecified atom stereocenters. The number of nitrogens with zero attached hydrogens (tertiary/aromatic N) is 3. The third-order valence-electron chi connectivity index (χ3n) is 4.05. The summed E-state index contributed by atoms with van der Waals surface area (Å²) in [6.07, 6.45) is 0. The highest BCUT2D eigenvalue weighted by Gasteiger charge is 2.13. The molecule has 5 N–H and O–H groups in total. The quantitative estimate of drug-likeness (QED) is 0.627. The Morgan fingerprint density at radius 3 is 2.85 bits per heavy atom. The molecule has 8 heteroatoms. The average Bonchev–Trinajstić information content (AvgIpc) is 2.91. The first kappa shape index (κ1) is 17.7. The van der Waals surface area contributed by atoms with E-state index in [4.69, 9.17) is 16.2 Å². The number of nitrogens with two attached hydrogens (primary N) is 2. The lowest BCUT2D eigenvalue weighted by atomic mass is 10.1. The van der Waals surface area contributed by atoms with Crippen LogP contribution in [0.4, 0.5) is 21.7 Å². The van der Waals surface area contributed by atoms with E-state index >= 15 is 0 Å². The number of aryl methyl sites for hydroxylation is 1. The van der Waals surface area contributed by atoms with Gasteiger partial charge in [0.1, 0.15) is 5.82 Å². The van der Waals surface area contributed by atoms with Gasteiger partial charge in [0.05, 0.1) is 24.4 Å². The predicted molar refractivity (Wildman–Crippen MR) is 101 cm³/mol. The molecule has 2 heterocycles. The van der Waals surface area contributed by atoms with Crippen LogP contribution in [0.2, 0.25) is 0 Å². The lowest BCUT2D eigenvalue weighted by molar-refractivity contribution is 0.185. The van der Waals surface area contributed by atoms with Crippen molar-refractivity contribution in [2.45, 2.75) is 13.5 Å². The van der Waals surface area contributed by atoms with Gasteiger partial charge < -0.3 is 21.5 Å². The van der Waals surface area contributed by atoms with E-state index in [9.17, 15) is 4.39 Å². The fourth-order valence-electron chi connectivity index (χ4n) is 2.75. The maximum absolute atomic E-state index is 13.7. The summed E-state index contributed by atoms with van der Waals surface area (Å²) < 4.78 is 20.7. The number of ether oxygens (including phenoxy) is 1. The molecule has 136 valence electrons. The van der Waals surface area contributed by atoms with Crippen molar-refractivity contribution in [1.29, 1.82) is 0 Å². The monoisotopic (exact) mass is 356 g/mol. The van der Waals surface area contributed by atoms with Gasteiger partial charge in [-0.25, -0.2) is 9.37 Å². The van der Waals surface area contributed by atoms with Crippen molar-refractivity contribution in [2.24, 2.45) is 5.73 Å². The molecule has 3 aromatic rings. The smallest absolute Gasteiger partial charge is 0.166 e. The number of nitrogen functional groups attached to an aromatic ring is 1. The van der Waals surface area contributed by atoms with Gasteiger partial charge in [0, 0.05) is 29.4 Å². The number of hydrogen-bond donors (Lipinski definition) is 3. The molecule has 0 aliphatic heterocycles. The highest BCUT2D eigenvalue weighted by Crippen LogP contribution is 2.28. The first-order valence-electron chi connectivity index (χ1n) is 8.04. The van der Waals surface area contributed by atoms with E-state index in [0.717, 1.165) is 22.3 Å². The highest BCUT2D eigenvalue weighted by atomic mass is 19.1. The van der Waals surface area contributed by atoms with E-state index in [1.807, 2.05) is 29.8 Å². The van der Waals surface area contributed by atoms with Gasteiger partial charge in [0.15, 0.2) is 11.6 Å². The topological polar surface area (TPSA) is 104 Å². The molecule has 0 bridgehead atoms. The third kappa shape index (κ3) is 3.31. The molecule has 0 fully saturated rings. The Labute approximate surface area is 150 Å². The molecule has 0 aliphatic rings. The minimum absolute atomic E-state index is 0.198. The zero-order valence-corrected chi connectivity index (χ0v) is 14.7. The Morgan fingerprint density at radius 2 is 2.15 bits per heavy atom. The molecule has 0 saturated carbocycles. The van der Waals surface area contributed by atoms with Crippen LogP contribution in [0, 0.1) is 12.7 Å². The number of benzene rings is 1. The summed E-state index contributed by atoms with van der Waals surface area (Å²) in [5, 5.41) is 8.66. The van der Waals surface area contributed by atoms with Gasteiger partial charge in [-0.1, -0.05) is 6.58 Å². The molecule has 26 heavy (non-hydrogen) atoms. The van der Waals surface area contributed by atoms with Crippen LogP contribution in [-0.2, 0) is 11.3 Å². The molecule has 3 rings (SSSR count). The Hall–Kier alpha value is -3.13. The maximum atomic E-state index is 13.7. The number of anilines is 3. The summed E-state index contributed by atoms with van der Waals surface area (Å²) in [4.78, 5) is 4.05. The highest BCUT2D eigenvalue weighted by molar-refractivity contribution is 5.87. The first-order chi connectivity index (χ1) is 12.4. The Kier molecular flexibility index (Phi) is 4.77. The number of hydrogen-bond acceptors (Lipinski definition) is 6. The first-order valence-corrected chi connectivity index (χ1v) is 8.04. The number of halogens is 1. The van der Waals surface area contributed by atoms with Gasteiger partial charge >= 0.3 is 0 Å². The summed E-state index contributed by atoms with van der Waals surface area (Å²) in [6, 6.07) is 7.01. The van der Waals surface area contributed by atoms with Gasteiger partial charge in [0.25, 0.3) is 0 Å². The molecule has 1 aromatic carbocycles. The molecular weight excluding hydrogens is 335 g/mol. The van der Waals surface area contributed by atoms with E-state index in [2.05, 4.69) is 22.0 Å². The number of pyridine rings is 1. The molecule has 0 atom stereocenters. The number of methoxy groups -OCH3 is 1. The van der Waals surface area contributed by atoms with E-state index < -0.39 is 5.82 Å².